The van der Waals surface area contributed by atoms with Crippen LogP contribution in [0.3, 0.4) is 0 Å². The number of pyridine rings is 1. The third-order valence-corrected chi connectivity index (χ3v) is 6.81. The molecule has 158 valence electrons. The number of aryl methyl sites for hydroxylation is 2. The van der Waals surface area contributed by atoms with Gasteiger partial charge in [0, 0.05) is 5.56 Å². The van der Waals surface area contributed by atoms with Crippen LogP contribution in [0.2, 0.25) is 0 Å². The predicted octanol–water partition coefficient (Wildman–Crippen LogP) is 3.82. The summed E-state index contributed by atoms with van der Waals surface area (Å²) < 4.78 is 2.01. The third-order valence-electron chi connectivity index (χ3n) is 6.81. The maximum Gasteiger partial charge on any atom is 0.253 e. The minimum Gasteiger partial charge on any atom is -0.321 e. The Kier molecular flexibility index (Phi) is 5.15. The lowest BCUT2D eigenvalue weighted by atomic mass is 9.98. The highest BCUT2D eigenvalue weighted by atomic mass is 16.1. The number of rotatable bonds is 4. The zero-order valence-corrected chi connectivity index (χ0v) is 17.9. The first-order valence-electron chi connectivity index (χ1n) is 11.3. The van der Waals surface area contributed by atoms with Gasteiger partial charge in [-0.3, -0.25) is 9.69 Å². The van der Waals surface area contributed by atoms with Crippen molar-refractivity contribution >= 4 is 10.9 Å². The smallest absolute Gasteiger partial charge is 0.253 e. The van der Waals surface area contributed by atoms with Crippen molar-refractivity contribution in [3.05, 3.63) is 51.1 Å². The number of aromatic nitrogens is 5. The summed E-state index contributed by atoms with van der Waals surface area (Å²) in [6.07, 6.45) is 8.18. The first-order chi connectivity index (χ1) is 14.6. The molecule has 0 spiro atoms. The molecule has 1 aromatic carbocycles. The molecule has 7 heteroatoms. The molecule has 1 N–H and O–H groups in total. The van der Waals surface area contributed by atoms with Gasteiger partial charge in [-0.1, -0.05) is 30.9 Å². The number of hydrogen-bond donors (Lipinski definition) is 1. The summed E-state index contributed by atoms with van der Waals surface area (Å²) in [6, 6.07) is 6.46. The number of nitrogens with one attached hydrogen (secondary N) is 1. The van der Waals surface area contributed by atoms with Gasteiger partial charge in [-0.15, -0.1) is 5.10 Å². The molecule has 1 aliphatic carbocycles. The molecule has 30 heavy (non-hydrogen) atoms. The van der Waals surface area contributed by atoms with Gasteiger partial charge in [-0.05, 0) is 86.1 Å². The van der Waals surface area contributed by atoms with Crippen molar-refractivity contribution < 1.29 is 0 Å². The summed E-state index contributed by atoms with van der Waals surface area (Å²) in [4.78, 5) is 18.9. The van der Waals surface area contributed by atoms with Crippen LogP contribution in [0.25, 0.3) is 10.9 Å². The minimum atomic E-state index is -0.213. The summed E-state index contributed by atoms with van der Waals surface area (Å²) >= 11 is 0. The van der Waals surface area contributed by atoms with Gasteiger partial charge in [-0.25, -0.2) is 4.68 Å². The van der Waals surface area contributed by atoms with Crippen molar-refractivity contribution in [2.45, 2.75) is 70.9 Å². The number of likely N-dealkylation sites (tertiary alicyclic amines) is 1. The number of benzene rings is 1. The Balaban J connectivity index is 1.67. The van der Waals surface area contributed by atoms with Crippen LogP contribution in [0.15, 0.2) is 23.0 Å². The van der Waals surface area contributed by atoms with E-state index in [4.69, 9.17) is 0 Å². The molecule has 2 fully saturated rings. The highest BCUT2D eigenvalue weighted by molar-refractivity contribution is 5.83. The molecule has 0 radical (unpaired) electrons. The van der Waals surface area contributed by atoms with Crippen molar-refractivity contribution in [2.75, 3.05) is 13.1 Å². The van der Waals surface area contributed by atoms with E-state index in [1.165, 1.54) is 24.8 Å². The average Bonchev–Trinajstić information content (AvgIpc) is 3.42. The Morgan fingerprint density at radius 2 is 1.80 bits per heavy atom. The van der Waals surface area contributed by atoms with Crippen molar-refractivity contribution in [3.8, 4) is 0 Å². The van der Waals surface area contributed by atoms with Crippen LogP contribution < -0.4 is 5.56 Å². The van der Waals surface area contributed by atoms with Gasteiger partial charge >= 0.3 is 0 Å². The van der Waals surface area contributed by atoms with E-state index in [0.717, 1.165) is 66.6 Å². The van der Waals surface area contributed by atoms with Crippen molar-refractivity contribution in [3.63, 3.8) is 0 Å². The Morgan fingerprint density at radius 3 is 2.57 bits per heavy atom. The zero-order valence-electron chi connectivity index (χ0n) is 17.9. The third kappa shape index (κ3) is 3.45. The maximum atomic E-state index is 13.3. The van der Waals surface area contributed by atoms with Crippen molar-refractivity contribution in [1.29, 1.82) is 0 Å². The molecule has 2 aliphatic rings. The van der Waals surface area contributed by atoms with Crippen molar-refractivity contribution in [1.82, 2.24) is 30.1 Å². The lowest BCUT2D eigenvalue weighted by Gasteiger charge is -2.34. The highest BCUT2D eigenvalue weighted by Crippen LogP contribution is 2.35. The van der Waals surface area contributed by atoms with Crippen LogP contribution in [0.5, 0.6) is 0 Å². The SMILES string of the molecule is Cc1cc(C)c2[nH]c(=O)c(C(c3nnnn3C3CCCC3)N3CCCCC3)cc2c1. The lowest BCUT2D eigenvalue weighted by Crippen LogP contribution is -2.38. The fourth-order valence-corrected chi connectivity index (χ4v) is 5.37. The number of fused-ring (bicyclic) bond motifs is 1. The van der Waals surface area contributed by atoms with Crippen LogP contribution in [0, 0.1) is 13.8 Å². The second-order valence-corrected chi connectivity index (χ2v) is 9.02. The molecule has 1 saturated heterocycles. The van der Waals surface area contributed by atoms with E-state index < -0.39 is 0 Å². The second-order valence-electron chi connectivity index (χ2n) is 9.02. The van der Waals surface area contributed by atoms with Crippen LogP contribution in [-0.2, 0) is 0 Å². The summed E-state index contributed by atoms with van der Waals surface area (Å²) in [5, 5.41) is 14.0. The molecule has 5 rings (SSSR count). The molecule has 1 aliphatic heterocycles. The normalized spacial score (nSPS) is 19.5. The molecule has 2 aromatic heterocycles. The van der Waals surface area contributed by atoms with E-state index >= 15 is 0 Å². The lowest BCUT2D eigenvalue weighted by molar-refractivity contribution is 0.174. The van der Waals surface area contributed by atoms with Crippen LogP contribution in [0.4, 0.5) is 0 Å². The Bertz CT molecular complexity index is 1100. The first kappa shape index (κ1) is 19.4. The van der Waals surface area contributed by atoms with Gasteiger partial charge < -0.3 is 4.98 Å². The number of hydrogen-bond acceptors (Lipinski definition) is 5. The van der Waals surface area contributed by atoms with E-state index in [1.54, 1.807) is 0 Å². The fourth-order valence-electron chi connectivity index (χ4n) is 5.37. The molecular weight excluding hydrogens is 376 g/mol. The Morgan fingerprint density at radius 1 is 1.03 bits per heavy atom. The standard InChI is InChI=1S/C23H30N6O/c1-15-12-16(2)20-17(13-15)14-19(23(30)24-20)21(28-10-6-3-7-11-28)22-25-26-27-29(22)18-8-4-5-9-18/h12-14,18,21H,3-11H2,1-2H3,(H,24,30). The van der Waals surface area contributed by atoms with Crippen LogP contribution >= 0.6 is 0 Å². The van der Waals surface area contributed by atoms with Gasteiger partial charge in [0.1, 0.15) is 6.04 Å². The van der Waals surface area contributed by atoms with Gasteiger partial charge in [0.15, 0.2) is 5.82 Å². The largest absolute Gasteiger partial charge is 0.321 e. The van der Waals surface area contributed by atoms with Gasteiger partial charge in [0.05, 0.1) is 11.6 Å². The predicted molar refractivity (Wildman–Crippen MR) is 117 cm³/mol. The molecule has 0 bridgehead atoms. The summed E-state index contributed by atoms with van der Waals surface area (Å²) in [6.45, 7) is 6.08. The van der Waals surface area contributed by atoms with E-state index in [9.17, 15) is 4.79 Å². The van der Waals surface area contributed by atoms with E-state index in [-0.39, 0.29) is 11.6 Å². The average molecular weight is 407 g/mol. The zero-order chi connectivity index (χ0) is 20.7. The molecule has 3 heterocycles. The van der Waals surface area contributed by atoms with E-state index in [1.807, 2.05) is 11.6 Å². The molecule has 0 amide bonds. The molecule has 3 aromatic rings. The maximum absolute atomic E-state index is 13.3. The number of piperidine rings is 1. The summed E-state index contributed by atoms with van der Waals surface area (Å²) in [7, 11) is 0. The molecule has 7 nitrogen and oxygen atoms in total. The van der Waals surface area contributed by atoms with Gasteiger partial charge in [0.25, 0.3) is 5.56 Å². The summed E-state index contributed by atoms with van der Waals surface area (Å²) in [5.74, 6) is 0.818. The second kappa shape index (κ2) is 7.95. The number of aromatic amines is 1. The van der Waals surface area contributed by atoms with Crippen molar-refractivity contribution in [2.24, 2.45) is 0 Å². The van der Waals surface area contributed by atoms with Gasteiger partial charge in [0.2, 0.25) is 0 Å². The molecule has 1 atom stereocenters. The Hall–Kier alpha value is -2.54. The van der Waals surface area contributed by atoms with Gasteiger partial charge in [-0.2, -0.15) is 0 Å². The van der Waals surface area contributed by atoms with Crippen LogP contribution in [-0.4, -0.2) is 43.2 Å². The van der Waals surface area contributed by atoms with E-state index in [0.29, 0.717) is 6.04 Å². The minimum absolute atomic E-state index is 0.0361. The highest BCUT2D eigenvalue weighted by Gasteiger charge is 2.33. The molecular formula is C23H30N6O. The molecule has 1 saturated carbocycles. The topological polar surface area (TPSA) is 79.7 Å². The monoisotopic (exact) mass is 406 g/mol. The number of tetrazole rings is 1. The summed E-state index contributed by atoms with van der Waals surface area (Å²) in [5.41, 5.74) is 3.93. The van der Waals surface area contributed by atoms with Crippen LogP contribution in [0.1, 0.15) is 79.5 Å². The Labute approximate surface area is 176 Å². The quantitative estimate of drug-likeness (QED) is 0.712. The fraction of sp³-hybridized carbons (Fsp3) is 0.565. The van der Waals surface area contributed by atoms with E-state index in [2.05, 4.69) is 50.5 Å². The first-order valence-corrected chi connectivity index (χ1v) is 11.3. The number of nitrogens with zero attached hydrogens (tertiary/aromatic N) is 5. The number of H-pyrrole nitrogens is 1. The molecule has 1 unspecified atom stereocenters.